The predicted molar refractivity (Wildman–Crippen MR) is 79.8 cm³/mol. The SMILES string of the molecule is C=C(C)c1cccc(-c2noc(-c3ccccc3F)n2)c1. The van der Waals surface area contributed by atoms with Crippen molar-refractivity contribution in [2.75, 3.05) is 0 Å². The van der Waals surface area contributed by atoms with Crippen molar-refractivity contribution in [2.45, 2.75) is 6.92 Å². The molecule has 2 aromatic carbocycles. The lowest BCUT2D eigenvalue weighted by Gasteiger charge is -2.00. The van der Waals surface area contributed by atoms with E-state index in [4.69, 9.17) is 4.52 Å². The molecule has 0 N–H and O–H groups in total. The van der Waals surface area contributed by atoms with Crippen LogP contribution in [-0.2, 0) is 0 Å². The molecule has 1 aromatic heterocycles. The van der Waals surface area contributed by atoms with Crippen LogP contribution in [0.2, 0.25) is 0 Å². The Labute approximate surface area is 121 Å². The van der Waals surface area contributed by atoms with E-state index in [1.807, 2.05) is 31.2 Å². The Morgan fingerprint density at radius 2 is 1.95 bits per heavy atom. The van der Waals surface area contributed by atoms with Crippen molar-refractivity contribution in [3.8, 4) is 22.8 Å². The molecule has 0 aliphatic carbocycles. The molecule has 3 rings (SSSR count). The number of nitrogens with zero attached hydrogens (tertiary/aromatic N) is 2. The van der Waals surface area contributed by atoms with Gasteiger partial charge in [0.2, 0.25) is 5.82 Å². The lowest BCUT2D eigenvalue weighted by molar-refractivity contribution is 0.429. The molecule has 1 heterocycles. The molecule has 4 heteroatoms. The van der Waals surface area contributed by atoms with E-state index in [2.05, 4.69) is 16.7 Å². The summed E-state index contributed by atoms with van der Waals surface area (Å²) in [6.45, 7) is 5.84. The number of allylic oxidation sites excluding steroid dienone is 1. The molecule has 21 heavy (non-hydrogen) atoms. The van der Waals surface area contributed by atoms with Gasteiger partial charge < -0.3 is 4.52 Å². The van der Waals surface area contributed by atoms with E-state index in [9.17, 15) is 4.39 Å². The van der Waals surface area contributed by atoms with Crippen LogP contribution in [0.25, 0.3) is 28.4 Å². The lowest BCUT2D eigenvalue weighted by Crippen LogP contribution is -1.85. The first-order chi connectivity index (χ1) is 10.1. The Balaban J connectivity index is 2.01. The summed E-state index contributed by atoms with van der Waals surface area (Å²) in [5, 5.41) is 3.92. The zero-order chi connectivity index (χ0) is 14.8. The summed E-state index contributed by atoms with van der Waals surface area (Å²) in [5.41, 5.74) is 3.06. The Morgan fingerprint density at radius 1 is 1.14 bits per heavy atom. The van der Waals surface area contributed by atoms with Gasteiger partial charge in [-0.2, -0.15) is 4.98 Å². The van der Waals surface area contributed by atoms with E-state index in [0.717, 1.165) is 16.7 Å². The summed E-state index contributed by atoms with van der Waals surface area (Å²) in [4.78, 5) is 4.26. The van der Waals surface area contributed by atoms with E-state index in [1.54, 1.807) is 18.2 Å². The molecule has 3 aromatic rings. The van der Waals surface area contributed by atoms with Crippen LogP contribution in [0.15, 0.2) is 59.6 Å². The van der Waals surface area contributed by atoms with Crippen LogP contribution in [-0.4, -0.2) is 10.1 Å². The topological polar surface area (TPSA) is 38.9 Å². The third-order valence-corrected chi connectivity index (χ3v) is 3.14. The predicted octanol–water partition coefficient (Wildman–Crippen LogP) is 4.58. The minimum atomic E-state index is -0.386. The third-order valence-electron chi connectivity index (χ3n) is 3.14. The van der Waals surface area contributed by atoms with E-state index in [-0.39, 0.29) is 11.7 Å². The van der Waals surface area contributed by atoms with E-state index >= 15 is 0 Å². The Morgan fingerprint density at radius 3 is 2.71 bits per heavy atom. The number of halogens is 1. The second-order valence-electron chi connectivity index (χ2n) is 4.76. The zero-order valence-electron chi connectivity index (χ0n) is 11.5. The van der Waals surface area contributed by atoms with Gasteiger partial charge in [0.15, 0.2) is 0 Å². The molecule has 0 bridgehead atoms. The molecule has 0 aliphatic heterocycles. The van der Waals surface area contributed by atoms with E-state index in [0.29, 0.717) is 11.4 Å². The van der Waals surface area contributed by atoms with Gasteiger partial charge in [-0.25, -0.2) is 4.39 Å². The average Bonchev–Trinajstić information content (AvgIpc) is 2.97. The number of aromatic nitrogens is 2. The fraction of sp³-hybridized carbons (Fsp3) is 0.0588. The molecule has 0 radical (unpaired) electrons. The Bertz CT molecular complexity index is 808. The summed E-state index contributed by atoms with van der Waals surface area (Å²) >= 11 is 0. The maximum absolute atomic E-state index is 13.7. The van der Waals surface area contributed by atoms with Crippen LogP contribution >= 0.6 is 0 Å². The molecule has 0 unspecified atom stereocenters. The van der Waals surface area contributed by atoms with Crippen LogP contribution in [0.1, 0.15) is 12.5 Å². The first-order valence-electron chi connectivity index (χ1n) is 6.50. The maximum Gasteiger partial charge on any atom is 0.261 e. The summed E-state index contributed by atoms with van der Waals surface area (Å²) in [6, 6.07) is 14.0. The highest BCUT2D eigenvalue weighted by Crippen LogP contribution is 2.25. The van der Waals surface area contributed by atoms with Gasteiger partial charge in [0.25, 0.3) is 5.89 Å². The van der Waals surface area contributed by atoms with Gasteiger partial charge in [0.1, 0.15) is 5.82 Å². The fourth-order valence-electron chi connectivity index (χ4n) is 2.01. The minimum absolute atomic E-state index is 0.170. The van der Waals surface area contributed by atoms with Crippen molar-refractivity contribution in [1.29, 1.82) is 0 Å². The smallest absolute Gasteiger partial charge is 0.261 e. The van der Waals surface area contributed by atoms with Crippen molar-refractivity contribution in [3.63, 3.8) is 0 Å². The molecule has 0 aliphatic rings. The van der Waals surface area contributed by atoms with Gasteiger partial charge >= 0.3 is 0 Å². The summed E-state index contributed by atoms with van der Waals surface area (Å²) < 4.78 is 18.9. The first-order valence-corrected chi connectivity index (χ1v) is 6.50. The van der Waals surface area contributed by atoms with Crippen molar-refractivity contribution >= 4 is 5.57 Å². The Kier molecular flexibility index (Phi) is 3.36. The molecular weight excluding hydrogens is 267 g/mol. The summed E-state index contributed by atoms with van der Waals surface area (Å²) in [5.74, 6) is 0.212. The van der Waals surface area contributed by atoms with Crippen LogP contribution in [0.5, 0.6) is 0 Å². The second kappa shape index (κ2) is 5.32. The Hall–Kier alpha value is -2.75. The molecule has 0 saturated carbocycles. The fourth-order valence-corrected chi connectivity index (χ4v) is 2.01. The molecule has 0 saturated heterocycles. The number of rotatable bonds is 3. The van der Waals surface area contributed by atoms with Gasteiger partial charge in [0, 0.05) is 5.56 Å². The molecule has 0 amide bonds. The van der Waals surface area contributed by atoms with Gasteiger partial charge in [-0.1, -0.05) is 47.6 Å². The van der Waals surface area contributed by atoms with Crippen molar-refractivity contribution in [1.82, 2.24) is 10.1 Å². The number of hydrogen-bond acceptors (Lipinski definition) is 3. The minimum Gasteiger partial charge on any atom is -0.334 e. The van der Waals surface area contributed by atoms with Crippen molar-refractivity contribution in [2.24, 2.45) is 0 Å². The largest absolute Gasteiger partial charge is 0.334 e. The van der Waals surface area contributed by atoms with Gasteiger partial charge in [-0.05, 0) is 30.7 Å². The van der Waals surface area contributed by atoms with Crippen LogP contribution in [0.4, 0.5) is 4.39 Å². The highest BCUT2D eigenvalue weighted by Gasteiger charge is 2.14. The van der Waals surface area contributed by atoms with Crippen LogP contribution in [0.3, 0.4) is 0 Å². The monoisotopic (exact) mass is 280 g/mol. The first kappa shape index (κ1) is 13.2. The van der Waals surface area contributed by atoms with Crippen molar-refractivity contribution < 1.29 is 8.91 Å². The highest BCUT2D eigenvalue weighted by atomic mass is 19.1. The van der Waals surface area contributed by atoms with Gasteiger partial charge in [-0.3, -0.25) is 0 Å². The standard InChI is InChI=1S/C17H13FN2O/c1-11(2)12-6-5-7-13(10-12)16-19-17(21-20-16)14-8-3-4-9-15(14)18/h3-10H,1H2,2H3. The zero-order valence-corrected chi connectivity index (χ0v) is 11.5. The van der Waals surface area contributed by atoms with Crippen LogP contribution < -0.4 is 0 Å². The van der Waals surface area contributed by atoms with E-state index in [1.165, 1.54) is 6.07 Å². The average molecular weight is 280 g/mol. The molecule has 104 valence electrons. The highest BCUT2D eigenvalue weighted by molar-refractivity contribution is 5.68. The molecule has 0 fully saturated rings. The molecule has 0 spiro atoms. The molecular formula is C17H13FN2O. The second-order valence-corrected chi connectivity index (χ2v) is 4.76. The molecule has 0 atom stereocenters. The van der Waals surface area contributed by atoms with Crippen LogP contribution in [0, 0.1) is 5.82 Å². The van der Waals surface area contributed by atoms with Gasteiger partial charge in [0.05, 0.1) is 5.56 Å². The quantitative estimate of drug-likeness (QED) is 0.705. The van der Waals surface area contributed by atoms with Gasteiger partial charge in [-0.15, -0.1) is 0 Å². The normalized spacial score (nSPS) is 10.6. The summed E-state index contributed by atoms with van der Waals surface area (Å²) in [7, 11) is 0. The van der Waals surface area contributed by atoms with E-state index < -0.39 is 0 Å². The number of benzene rings is 2. The maximum atomic E-state index is 13.7. The lowest BCUT2D eigenvalue weighted by atomic mass is 10.1. The third kappa shape index (κ3) is 2.60. The molecule has 3 nitrogen and oxygen atoms in total. The number of hydrogen-bond donors (Lipinski definition) is 0. The van der Waals surface area contributed by atoms with Crippen molar-refractivity contribution in [3.05, 3.63) is 66.5 Å². The summed E-state index contributed by atoms with van der Waals surface area (Å²) in [6.07, 6.45) is 0.